The fourth-order valence-electron chi connectivity index (χ4n) is 7.75. The molecule has 0 aromatic carbocycles. The third-order valence-electron chi connectivity index (χ3n) is 11.5. The summed E-state index contributed by atoms with van der Waals surface area (Å²) in [5.74, 6) is 0. The average molecular weight is 773 g/mol. The minimum absolute atomic E-state index is 1.04. The maximum atomic E-state index is 13.5. The van der Waals surface area contributed by atoms with Gasteiger partial charge in [-0.15, -0.1) is 0 Å². The fraction of sp³-hybridized carbons (Fsp3) is 1.00. The molecule has 0 heterocycles. The molecule has 0 spiro atoms. The van der Waals surface area contributed by atoms with Gasteiger partial charge in [0, 0.05) is 37.0 Å². The van der Waals surface area contributed by atoms with Crippen molar-refractivity contribution in [3.8, 4) is 0 Å². The zero-order valence-electron chi connectivity index (χ0n) is 37.4. The first-order valence-corrected chi connectivity index (χ1v) is 29.0. The molecule has 0 aromatic rings. The van der Waals surface area contributed by atoms with Crippen LogP contribution in [0.3, 0.4) is 0 Å². The van der Waals surface area contributed by atoms with Crippen molar-refractivity contribution in [3.05, 3.63) is 0 Å². The van der Waals surface area contributed by atoms with E-state index in [0.717, 1.165) is 37.0 Å². The van der Waals surface area contributed by atoms with E-state index in [9.17, 15) is 9.13 Å². The molecule has 2 nitrogen and oxygen atoms in total. The molecule has 0 rings (SSSR count). The lowest BCUT2D eigenvalue weighted by Gasteiger charge is -2.18. The maximum Gasteiger partial charge on any atom is 0.0877 e. The molecule has 4 heteroatoms. The lowest BCUT2D eigenvalue weighted by molar-refractivity contribution is 0.555. The zero-order valence-corrected chi connectivity index (χ0v) is 39.2. The smallest absolute Gasteiger partial charge is 0.0877 e. The number of hydrogen-bond acceptors (Lipinski definition) is 2. The molecule has 52 heavy (non-hydrogen) atoms. The molecule has 0 radical (unpaired) electrons. The largest absolute Gasteiger partial charge is 0.324 e. The van der Waals surface area contributed by atoms with Gasteiger partial charge in [0.05, 0.1) is 14.3 Å². The van der Waals surface area contributed by atoms with Gasteiger partial charge in [-0.2, -0.15) is 0 Å². The molecule has 0 fully saturated rings. The van der Waals surface area contributed by atoms with Crippen molar-refractivity contribution in [1.82, 2.24) is 0 Å². The van der Waals surface area contributed by atoms with Gasteiger partial charge in [0.2, 0.25) is 0 Å². The van der Waals surface area contributed by atoms with Gasteiger partial charge in [-0.3, -0.25) is 0 Å². The minimum atomic E-state index is -1.89. The highest BCUT2D eigenvalue weighted by molar-refractivity contribution is 7.64. The summed E-state index contributed by atoms with van der Waals surface area (Å²) in [7, 11) is -3.77. The van der Waals surface area contributed by atoms with Gasteiger partial charge in [0.25, 0.3) is 0 Å². The van der Waals surface area contributed by atoms with Gasteiger partial charge in [-0.1, -0.05) is 234 Å². The number of unbranched alkanes of at least 4 members (excludes halogenated alkanes) is 30. The molecular weight excluding hydrogens is 670 g/mol. The summed E-state index contributed by atoms with van der Waals surface area (Å²) in [5, 5.41) is 0. The zero-order chi connectivity index (χ0) is 38.7. The second-order valence-corrected chi connectivity index (χ2v) is 24.0. The van der Waals surface area contributed by atoms with Gasteiger partial charge < -0.3 is 9.13 Å². The van der Waals surface area contributed by atoms with Gasteiger partial charge in [0.15, 0.2) is 0 Å². The minimum Gasteiger partial charge on any atom is -0.324 e. The van der Waals surface area contributed by atoms with Crippen LogP contribution in [0.1, 0.15) is 273 Å². The predicted molar refractivity (Wildman–Crippen MR) is 245 cm³/mol. The number of rotatable bonds is 42. The van der Waals surface area contributed by atoms with Crippen molar-refractivity contribution < 1.29 is 9.13 Å². The molecule has 0 saturated carbocycles. The highest BCUT2D eigenvalue weighted by Crippen LogP contribution is 2.49. The Kier molecular flexibility index (Phi) is 46.4. The van der Waals surface area contributed by atoms with Gasteiger partial charge in [-0.05, 0) is 38.5 Å². The Morgan fingerprint density at radius 2 is 0.308 bits per heavy atom. The first kappa shape index (κ1) is 54.6. The maximum absolute atomic E-state index is 13.5. The Morgan fingerprint density at radius 1 is 0.192 bits per heavy atom. The average Bonchev–Trinajstić information content (AvgIpc) is 3.14. The second kappa shape index (κ2) is 44.2. The van der Waals surface area contributed by atoms with Crippen molar-refractivity contribution in [1.29, 1.82) is 0 Å². The van der Waals surface area contributed by atoms with Crippen molar-refractivity contribution in [2.75, 3.05) is 37.0 Å². The summed E-state index contributed by atoms with van der Waals surface area (Å²) in [6.07, 6.45) is 53.8. The third-order valence-corrected chi connectivity index (χ3v) is 18.3. The molecule has 0 saturated heterocycles. The van der Waals surface area contributed by atoms with Crippen LogP contribution in [0.2, 0.25) is 0 Å². The van der Waals surface area contributed by atoms with Crippen LogP contribution in [0.5, 0.6) is 0 Å². The molecule has 0 aromatic heterocycles. The van der Waals surface area contributed by atoms with Gasteiger partial charge in [0.1, 0.15) is 0 Å². The topological polar surface area (TPSA) is 34.1 Å². The van der Waals surface area contributed by atoms with E-state index in [4.69, 9.17) is 0 Å². The lowest BCUT2D eigenvalue weighted by Crippen LogP contribution is -2.02. The quantitative estimate of drug-likeness (QED) is 0.0457. The van der Waals surface area contributed by atoms with E-state index in [1.807, 2.05) is 0 Å². The summed E-state index contributed by atoms with van der Waals surface area (Å²) >= 11 is 0. The summed E-state index contributed by atoms with van der Waals surface area (Å²) in [4.78, 5) is 0. The van der Waals surface area contributed by atoms with E-state index < -0.39 is 14.3 Å². The summed E-state index contributed by atoms with van der Waals surface area (Å²) < 4.78 is 27.0. The van der Waals surface area contributed by atoms with Crippen LogP contribution in [0.15, 0.2) is 0 Å². The van der Waals surface area contributed by atoms with Crippen LogP contribution < -0.4 is 0 Å². The molecule has 0 bridgehead atoms. The molecule has 0 aliphatic heterocycles. The van der Waals surface area contributed by atoms with Crippen LogP contribution in [0.4, 0.5) is 0 Å². The molecule has 0 amide bonds. The Labute approximate surface area is 331 Å². The molecule has 0 atom stereocenters. The Hall–Kier alpha value is 0.460. The van der Waals surface area contributed by atoms with E-state index in [-0.39, 0.29) is 0 Å². The molecule has 0 aliphatic carbocycles. The van der Waals surface area contributed by atoms with Crippen molar-refractivity contribution >= 4 is 14.3 Å². The van der Waals surface area contributed by atoms with E-state index >= 15 is 0 Å². The normalized spacial score (nSPS) is 12.0. The second-order valence-electron chi connectivity index (χ2n) is 17.1. The van der Waals surface area contributed by atoms with Crippen molar-refractivity contribution in [3.63, 3.8) is 0 Å². The van der Waals surface area contributed by atoms with E-state index in [2.05, 4.69) is 41.5 Å². The Balaban J connectivity index is 0. The fourth-order valence-corrected chi connectivity index (χ4v) is 13.9. The Morgan fingerprint density at radius 3 is 0.442 bits per heavy atom. The van der Waals surface area contributed by atoms with Crippen LogP contribution in [0.25, 0.3) is 0 Å². The van der Waals surface area contributed by atoms with Gasteiger partial charge >= 0.3 is 0 Å². The first-order chi connectivity index (χ1) is 25.4. The molecular formula is C48H102O2P2. The van der Waals surface area contributed by atoms with Crippen LogP contribution >= 0.6 is 14.3 Å². The van der Waals surface area contributed by atoms with Gasteiger partial charge in [-0.25, -0.2) is 0 Å². The van der Waals surface area contributed by atoms with Crippen LogP contribution in [-0.2, 0) is 9.13 Å². The van der Waals surface area contributed by atoms with Crippen molar-refractivity contribution in [2.45, 2.75) is 273 Å². The van der Waals surface area contributed by atoms with Crippen LogP contribution in [0, 0.1) is 0 Å². The molecule has 0 N–H and O–H groups in total. The summed E-state index contributed by atoms with van der Waals surface area (Å²) in [6.45, 7) is 13.6. The first-order valence-electron chi connectivity index (χ1n) is 24.5. The van der Waals surface area contributed by atoms with Crippen LogP contribution in [-0.4, -0.2) is 37.0 Å². The summed E-state index contributed by atoms with van der Waals surface area (Å²) in [5.41, 5.74) is 0. The SMILES string of the molecule is CCCCCCCCP(=O)(CCCCCCCC)CCCCCCCC.CCCCCCCCP(=O)(CCCCCCCC)CCCCCCCC. The monoisotopic (exact) mass is 773 g/mol. The number of hydrogen-bond donors (Lipinski definition) is 0. The summed E-state index contributed by atoms with van der Waals surface area (Å²) in [6, 6.07) is 0. The Bertz CT molecular complexity index is 594. The van der Waals surface area contributed by atoms with E-state index in [0.29, 0.717) is 0 Å². The molecule has 0 aliphatic rings. The molecule has 316 valence electrons. The van der Waals surface area contributed by atoms with Crippen molar-refractivity contribution in [2.24, 2.45) is 0 Å². The van der Waals surface area contributed by atoms with E-state index in [1.54, 1.807) is 0 Å². The third kappa shape index (κ3) is 41.6. The van der Waals surface area contributed by atoms with E-state index in [1.165, 1.54) is 231 Å². The standard InChI is InChI=1S/2C24H51OP/c2*1-4-7-10-13-16-19-22-26(25,23-20-17-14-11-8-5-2)24-21-18-15-12-9-6-3/h2*4-24H2,1-3H3. The predicted octanol–water partition coefficient (Wildman–Crippen LogP) is 18.9. The lowest BCUT2D eigenvalue weighted by atomic mass is 10.1. The molecule has 0 unspecified atom stereocenters. The highest BCUT2D eigenvalue weighted by atomic mass is 31.2. The highest BCUT2D eigenvalue weighted by Gasteiger charge is 2.21.